The molecule has 0 amide bonds. The van der Waals surface area contributed by atoms with E-state index in [1.807, 2.05) is 6.07 Å². The van der Waals surface area contributed by atoms with Crippen molar-refractivity contribution in [3.8, 4) is 0 Å². The molecule has 1 aromatic rings. The first-order chi connectivity index (χ1) is 6.86. The second-order valence-electron chi connectivity index (χ2n) is 4.00. The molecule has 0 radical (unpaired) electrons. The largest absolute Gasteiger partial charge is 0.379 e. The van der Waals surface area contributed by atoms with E-state index < -0.39 is 0 Å². The Balaban J connectivity index is 2.09. The number of hydrogen-bond acceptors (Lipinski definition) is 2. The van der Waals surface area contributed by atoms with Gasteiger partial charge in [-0.25, -0.2) is 4.39 Å². The molecule has 3 heteroatoms. The van der Waals surface area contributed by atoms with Crippen LogP contribution in [0.1, 0.15) is 12.8 Å². The number of halogens is 1. The Morgan fingerprint density at radius 2 is 2.36 bits per heavy atom. The summed E-state index contributed by atoms with van der Waals surface area (Å²) in [6, 6.07) is 5.88. The van der Waals surface area contributed by atoms with Gasteiger partial charge in [-0.05, 0) is 25.0 Å². The average molecular weight is 192 g/mol. The molecule has 0 aliphatic carbocycles. The summed E-state index contributed by atoms with van der Waals surface area (Å²) in [6.45, 7) is 1.96. The summed E-state index contributed by atoms with van der Waals surface area (Å²) in [5.41, 5.74) is 1.73. The van der Waals surface area contributed by atoms with Gasteiger partial charge in [-0.2, -0.15) is 0 Å². The summed E-state index contributed by atoms with van der Waals surface area (Å²) in [4.78, 5) is 2.33. The minimum atomic E-state index is -0.132. The maximum atomic E-state index is 13.4. The van der Waals surface area contributed by atoms with Crippen molar-refractivity contribution in [1.29, 1.82) is 0 Å². The number of nitrogens with zero attached hydrogens (tertiary/aromatic N) is 1. The van der Waals surface area contributed by atoms with Gasteiger partial charge in [0.1, 0.15) is 5.82 Å². The average Bonchev–Trinajstić information content (AvgIpc) is 2.66. The number of hydrogen-bond donors (Lipinski definition) is 1. The predicted octanol–water partition coefficient (Wildman–Crippen LogP) is 2.22. The fraction of sp³-hybridized carbons (Fsp3) is 0.455. The van der Waals surface area contributed by atoms with Gasteiger partial charge < -0.3 is 10.2 Å². The van der Waals surface area contributed by atoms with Crippen molar-refractivity contribution in [3.05, 3.63) is 24.0 Å². The van der Waals surface area contributed by atoms with Gasteiger partial charge in [-0.15, -0.1) is 0 Å². The fourth-order valence-electron chi connectivity index (χ4n) is 2.51. The first kappa shape index (κ1) is 8.09. The van der Waals surface area contributed by atoms with Crippen LogP contribution in [0.5, 0.6) is 0 Å². The molecule has 0 aromatic heterocycles. The van der Waals surface area contributed by atoms with E-state index in [2.05, 4.69) is 10.2 Å². The minimum Gasteiger partial charge on any atom is -0.379 e. The van der Waals surface area contributed by atoms with Gasteiger partial charge in [0.25, 0.3) is 0 Å². The summed E-state index contributed by atoms with van der Waals surface area (Å²) >= 11 is 0. The third-order valence-corrected chi connectivity index (χ3v) is 3.19. The number of rotatable bonds is 0. The lowest BCUT2D eigenvalue weighted by Gasteiger charge is -2.34. The molecule has 74 valence electrons. The van der Waals surface area contributed by atoms with Crippen molar-refractivity contribution < 1.29 is 4.39 Å². The summed E-state index contributed by atoms with van der Waals surface area (Å²) in [7, 11) is 0. The Hall–Kier alpha value is -1.25. The lowest BCUT2D eigenvalue weighted by molar-refractivity contribution is 0.615. The van der Waals surface area contributed by atoms with Gasteiger partial charge in [0.15, 0.2) is 0 Å². The Morgan fingerprint density at radius 3 is 3.29 bits per heavy atom. The molecule has 0 spiro atoms. The molecule has 1 N–H and O–H groups in total. The molecule has 2 heterocycles. The molecule has 2 aliphatic heterocycles. The maximum absolute atomic E-state index is 13.4. The lowest BCUT2D eigenvalue weighted by atomic mass is 10.1. The molecule has 2 aliphatic rings. The zero-order valence-electron chi connectivity index (χ0n) is 7.96. The quantitative estimate of drug-likeness (QED) is 0.678. The molecular weight excluding hydrogens is 179 g/mol. The zero-order valence-corrected chi connectivity index (χ0v) is 7.96. The van der Waals surface area contributed by atoms with Crippen LogP contribution in [-0.4, -0.2) is 19.1 Å². The zero-order chi connectivity index (χ0) is 9.54. The summed E-state index contributed by atoms with van der Waals surface area (Å²) in [5, 5.41) is 3.19. The van der Waals surface area contributed by atoms with Crippen LogP contribution in [0.3, 0.4) is 0 Å². The summed E-state index contributed by atoms with van der Waals surface area (Å²) in [6.07, 6.45) is 2.45. The number of nitrogens with one attached hydrogen (secondary N) is 1. The molecule has 1 saturated heterocycles. The molecular formula is C11H13FN2. The smallest absolute Gasteiger partial charge is 0.148 e. The van der Waals surface area contributed by atoms with Crippen molar-refractivity contribution in [3.63, 3.8) is 0 Å². The third-order valence-electron chi connectivity index (χ3n) is 3.19. The van der Waals surface area contributed by atoms with Crippen molar-refractivity contribution >= 4 is 11.4 Å². The third kappa shape index (κ3) is 1.01. The van der Waals surface area contributed by atoms with E-state index >= 15 is 0 Å². The van der Waals surface area contributed by atoms with Crippen LogP contribution in [0.2, 0.25) is 0 Å². The highest BCUT2D eigenvalue weighted by Gasteiger charge is 2.30. The van der Waals surface area contributed by atoms with Crippen LogP contribution >= 0.6 is 0 Å². The lowest BCUT2D eigenvalue weighted by Crippen LogP contribution is -2.39. The van der Waals surface area contributed by atoms with Gasteiger partial charge in [0, 0.05) is 19.1 Å². The van der Waals surface area contributed by atoms with E-state index in [4.69, 9.17) is 0 Å². The number of fused-ring (bicyclic) bond motifs is 3. The Labute approximate surface area is 82.7 Å². The molecule has 3 rings (SSSR count). The summed E-state index contributed by atoms with van der Waals surface area (Å²) in [5.74, 6) is -0.132. The topological polar surface area (TPSA) is 15.3 Å². The van der Waals surface area contributed by atoms with E-state index in [1.54, 1.807) is 6.07 Å². The van der Waals surface area contributed by atoms with Gasteiger partial charge in [-0.3, -0.25) is 0 Å². The van der Waals surface area contributed by atoms with Gasteiger partial charge in [-0.1, -0.05) is 6.07 Å². The van der Waals surface area contributed by atoms with E-state index in [-0.39, 0.29) is 5.82 Å². The Kier molecular flexibility index (Phi) is 1.66. The number of benzene rings is 1. The van der Waals surface area contributed by atoms with Crippen molar-refractivity contribution in [2.45, 2.75) is 18.9 Å². The van der Waals surface area contributed by atoms with Gasteiger partial charge in [0.05, 0.1) is 11.4 Å². The van der Waals surface area contributed by atoms with E-state index in [9.17, 15) is 4.39 Å². The van der Waals surface area contributed by atoms with Crippen LogP contribution in [-0.2, 0) is 0 Å². The standard InChI is InChI=1S/C11H13FN2/c12-9-4-1-5-10-11(9)13-7-8-3-2-6-14(8)10/h1,4-5,8,13H,2-3,6-7H2/t8-/m0/s1. The number of anilines is 2. The normalized spacial score (nSPS) is 24.1. The second kappa shape index (κ2) is 2.87. The van der Waals surface area contributed by atoms with E-state index in [0.29, 0.717) is 11.7 Å². The highest BCUT2D eigenvalue weighted by Crippen LogP contribution is 2.37. The SMILES string of the molecule is Fc1cccc2c1NC[C@@H]1CCCN21. The second-order valence-corrected chi connectivity index (χ2v) is 4.00. The van der Waals surface area contributed by atoms with Crippen molar-refractivity contribution in [1.82, 2.24) is 0 Å². The van der Waals surface area contributed by atoms with E-state index in [1.165, 1.54) is 18.9 Å². The Morgan fingerprint density at radius 1 is 1.43 bits per heavy atom. The molecule has 14 heavy (non-hydrogen) atoms. The first-order valence-corrected chi connectivity index (χ1v) is 5.15. The highest BCUT2D eigenvalue weighted by molar-refractivity contribution is 5.73. The van der Waals surface area contributed by atoms with Crippen molar-refractivity contribution in [2.75, 3.05) is 23.3 Å². The van der Waals surface area contributed by atoms with Gasteiger partial charge >= 0.3 is 0 Å². The first-order valence-electron chi connectivity index (χ1n) is 5.15. The molecule has 1 aromatic carbocycles. The number of para-hydroxylation sites is 1. The predicted molar refractivity (Wildman–Crippen MR) is 55.3 cm³/mol. The monoisotopic (exact) mass is 192 g/mol. The van der Waals surface area contributed by atoms with Crippen molar-refractivity contribution in [2.24, 2.45) is 0 Å². The molecule has 0 unspecified atom stereocenters. The molecule has 0 bridgehead atoms. The Bertz CT molecular complexity index is 364. The van der Waals surface area contributed by atoms with E-state index in [0.717, 1.165) is 18.8 Å². The fourth-order valence-corrected chi connectivity index (χ4v) is 2.51. The van der Waals surface area contributed by atoms with Crippen LogP contribution in [0, 0.1) is 5.82 Å². The molecule has 2 nitrogen and oxygen atoms in total. The molecule has 1 fully saturated rings. The molecule has 1 atom stereocenters. The van der Waals surface area contributed by atoms with Gasteiger partial charge in [0.2, 0.25) is 0 Å². The highest BCUT2D eigenvalue weighted by atomic mass is 19.1. The van der Waals surface area contributed by atoms with Crippen LogP contribution < -0.4 is 10.2 Å². The molecule has 0 saturated carbocycles. The van der Waals surface area contributed by atoms with Crippen LogP contribution in [0.25, 0.3) is 0 Å². The van der Waals surface area contributed by atoms with Crippen LogP contribution in [0.4, 0.5) is 15.8 Å². The summed E-state index contributed by atoms with van der Waals surface area (Å²) < 4.78 is 13.4. The van der Waals surface area contributed by atoms with Crippen LogP contribution in [0.15, 0.2) is 18.2 Å². The minimum absolute atomic E-state index is 0.132. The maximum Gasteiger partial charge on any atom is 0.148 e.